The molecular weight excluding hydrogens is 264 g/mol. The highest BCUT2D eigenvalue weighted by Crippen LogP contribution is 2.08. The van der Waals surface area contributed by atoms with Crippen LogP contribution in [0.5, 0.6) is 0 Å². The van der Waals surface area contributed by atoms with Gasteiger partial charge in [0, 0.05) is 20.0 Å². The molecule has 0 atom stereocenters. The molecule has 1 aromatic rings. The minimum Gasteiger partial charge on any atom is -0.464 e. The lowest BCUT2D eigenvalue weighted by Gasteiger charge is -2.19. The number of aryl methyl sites for hydroxylation is 1. The second kappa shape index (κ2) is 6.36. The summed E-state index contributed by atoms with van der Waals surface area (Å²) in [7, 11) is 2.95. The summed E-state index contributed by atoms with van der Waals surface area (Å²) < 4.78 is 11.2. The quantitative estimate of drug-likeness (QED) is 0.816. The number of amides is 1. The Bertz CT molecular complexity index is 490. The van der Waals surface area contributed by atoms with Crippen LogP contribution in [0.4, 0.5) is 4.79 Å². The number of methoxy groups -OCH3 is 1. The van der Waals surface area contributed by atoms with Gasteiger partial charge in [0.05, 0.1) is 12.8 Å². The molecule has 1 aromatic heterocycles. The number of hydrogen-bond donors (Lipinski definition) is 1. The first-order chi connectivity index (χ1) is 9.24. The maximum Gasteiger partial charge on any atom is 0.407 e. The molecule has 0 aromatic carbocycles. The van der Waals surface area contributed by atoms with E-state index in [1.807, 2.05) is 0 Å². The van der Waals surface area contributed by atoms with E-state index in [2.05, 4.69) is 20.4 Å². The van der Waals surface area contributed by atoms with Crippen molar-refractivity contribution in [3.63, 3.8) is 0 Å². The average molecular weight is 284 g/mol. The van der Waals surface area contributed by atoms with E-state index >= 15 is 0 Å². The fourth-order valence-corrected chi connectivity index (χ4v) is 1.51. The maximum absolute atomic E-state index is 11.5. The third kappa shape index (κ3) is 4.52. The molecule has 0 spiro atoms. The Hall–Kier alpha value is -2.12. The number of alkyl carbamates (subject to hydrolysis) is 1. The Morgan fingerprint density at radius 3 is 2.55 bits per heavy atom. The van der Waals surface area contributed by atoms with Gasteiger partial charge in [-0.05, 0) is 20.8 Å². The van der Waals surface area contributed by atoms with Crippen molar-refractivity contribution in [2.24, 2.45) is 7.05 Å². The molecule has 0 aliphatic heterocycles. The fraction of sp³-hybridized carbons (Fsp3) is 0.667. The van der Waals surface area contributed by atoms with E-state index in [4.69, 9.17) is 4.74 Å². The Balaban J connectivity index is 2.56. The van der Waals surface area contributed by atoms with Gasteiger partial charge in [0.1, 0.15) is 5.60 Å². The van der Waals surface area contributed by atoms with Crippen molar-refractivity contribution in [1.82, 2.24) is 20.3 Å². The van der Waals surface area contributed by atoms with Crippen LogP contribution in [0.25, 0.3) is 0 Å². The monoisotopic (exact) mass is 284 g/mol. The van der Waals surface area contributed by atoms with Gasteiger partial charge in [-0.15, -0.1) is 5.10 Å². The normalized spacial score (nSPS) is 11.1. The van der Waals surface area contributed by atoms with Crippen molar-refractivity contribution >= 4 is 12.1 Å². The molecular formula is C12H20N4O4. The number of nitrogens with zero attached hydrogens (tertiary/aromatic N) is 3. The molecule has 0 saturated heterocycles. The zero-order chi connectivity index (χ0) is 15.3. The van der Waals surface area contributed by atoms with Crippen LogP contribution in [0.3, 0.4) is 0 Å². The largest absolute Gasteiger partial charge is 0.464 e. The topological polar surface area (TPSA) is 95.3 Å². The number of carbonyl (C=O) groups is 2. The van der Waals surface area contributed by atoms with Crippen LogP contribution >= 0.6 is 0 Å². The highest BCUT2D eigenvalue weighted by molar-refractivity contribution is 5.88. The molecule has 112 valence electrons. The third-order valence-electron chi connectivity index (χ3n) is 2.35. The van der Waals surface area contributed by atoms with Gasteiger partial charge in [-0.3, -0.25) is 4.68 Å². The van der Waals surface area contributed by atoms with Gasteiger partial charge in [0.2, 0.25) is 0 Å². The van der Waals surface area contributed by atoms with E-state index in [-0.39, 0.29) is 5.69 Å². The molecule has 20 heavy (non-hydrogen) atoms. The third-order valence-corrected chi connectivity index (χ3v) is 2.35. The lowest BCUT2D eigenvalue weighted by molar-refractivity contribution is 0.0528. The van der Waals surface area contributed by atoms with Crippen LogP contribution in [0.1, 0.15) is 37.0 Å². The summed E-state index contributed by atoms with van der Waals surface area (Å²) in [6, 6.07) is 0. The zero-order valence-electron chi connectivity index (χ0n) is 12.4. The Morgan fingerprint density at radius 2 is 2.00 bits per heavy atom. The molecule has 8 nitrogen and oxygen atoms in total. The van der Waals surface area contributed by atoms with Gasteiger partial charge in [-0.25, -0.2) is 9.59 Å². The summed E-state index contributed by atoms with van der Waals surface area (Å²) in [5.74, 6) is -0.551. The number of nitrogens with one attached hydrogen (secondary N) is 1. The Morgan fingerprint density at radius 1 is 1.35 bits per heavy atom. The Kier molecular flexibility index (Phi) is 5.06. The van der Waals surface area contributed by atoms with E-state index in [1.165, 1.54) is 11.8 Å². The number of aromatic nitrogens is 3. The van der Waals surface area contributed by atoms with Crippen LogP contribution in [-0.2, 0) is 22.9 Å². The van der Waals surface area contributed by atoms with Crippen LogP contribution < -0.4 is 5.32 Å². The first-order valence-electron chi connectivity index (χ1n) is 6.18. The van der Waals surface area contributed by atoms with Gasteiger partial charge in [-0.1, -0.05) is 5.21 Å². The van der Waals surface area contributed by atoms with Crippen LogP contribution in [0.2, 0.25) is 0 Å². The Labute approximate surface area is 117 Å². The lowest BCUT2D eigenvalue weighted by atomic mass is 10.2. The lowest BCUT2D eigenvalue weighted by Crippen LogP contribution is -2.33. The van der Waals surface area contributed by atoms with E-state index in [1.54, 1.807) is 27.8 Å². The van der Waals surface area contributed by atoms with Crippen molar-refractivity contribution in [1.29, 1.82) is 0 Å². The molecule has 1 amide bonds. The number of hydrogen-bond acceptors (Lipinski definition) is 6. The maximum atomic E-state index is 11.5. The highest BCUT2D eigenvalue weighted by atomic mass is 16.6. The molecule has 1 heterocycles. The van der Waals surface area contributed by atoms with E-state index in [0.717, 1.165) is 0 Å². The van der Waals surface area contributed by atoms with Crippen molar-refractivity contribution in [2.45, 2.75) is 32.8 Å². The zero-order valence-corrected chi connectivity index (χ0v) is 12.4. The molecule has 0 aliphatic carbocycles. The predicted molar refractivity (Wildman–Crippen MR) is 70.3 cm³/mol. The standard InChI is InChI=1S/C12H20N4O4/c1-12(2,3)20-11(18)13-7-6-8-9(10(17)19-5)14-15-16(8)4/h6-7H2,1-5H3,(H,13,18). The van der Waals surface area contributed by atoms with Crippen molar-refractivity contribution in [2.75, 3.05) is 13.7 Å². The van der Waals surface area contributed by atoms with Gasteiger partial charge in [-0.2, -0.15) is 0 Å². The summed E-state index contributed by atoms with van der Waals surface area (Å²) in [4.78, 5) is 23.0. The minimum absolute atomic E-state index is 0.154. The van der Waals surface area contributed by atoms with Gasteiger partial charge >= 0.3 is 12.1 Å². The van der Waals surface area contributed by atoms with Crippen molar-refractivity contribution < 1.29 is 19.1 Å². The van der Waals surface area contributed by atoms with Gasteiger partial charge in [0.15, 0.2) is 5.69 Å². The molecule has 0 radical (unpaired) electrons. The van der Waals surface area contributed by atoms with Gasteiger partial charge in [0.25, 0.3) is 0 Å². The molecule has 1 N–H and O–H groups in total. The van der Waals surface area contributed by atoms with Crippen molar-refractivity contribution in [3.8, 4) is 0 Å². The van der Waals surface area contributed by atoms with Crippen LogP contribution in [0, 0.1) is 0 Å². The SMILES string of the molecule is COC(=O)c1nnn(C)c1CCNC(=O)OC(C)(C)C. The minimum atomic E-state index is -0.551. The highest BCUT2D eigenvalue weighted by Gasteiger charge is 2.19. The van der Waals surface area contributed by atoms with E-state index < -0.39 is 17.7 Å². The van der Waals surface area contributed by atoms with Crippen molar-refractivity contribution in [3.05, 3.63) is 11.4 Å². The van der Waals surface area contributed by atoms with E-state index in [0.29, 0.717) is 18.7 Å². The predicted octanol–water partition coefficient (Wildman–Crippen LogP) is 0.669. The average Bonchev–Trinajstić information content (AvgIpc) is 2.68. The van der Waals surface area contributed by atoms with Gasteiger partial charge < -0.3 is 14.8 Å². The van der Waals surface area contributed by atoms with E-state index in [9.17, 15) is 9.59 Å². The number of ether oxygens (including phenoxy) is 2. The summed E-state index contributed by atoms with van der Waals surface area (Å²) in [6.07, 6.45) is -0.111. The molecule has 8 heteroatoms. The van der Waals surface area contributed by atoms with Crippen LogP contribution in [-0.4, -0.2) is 46.3 Å². The summed E-state index contributed by atoms with van der Waals surface area (Å²) >= 11 is 0. The van der Waals surface area contributed by atoms with Crippen LogP contribution in [0.15, 0.2) is 0 Å². The first-order valence-corrected chi connectivity index (χ1v) is 6.18. The number of carbonyl (C=O) groups excluding carboxylic acids is 2. The summed E-state index contributed by atoms with van der Waals surface area (Å²) in [5.41, 5.74) is 0.198. The first kappa shape index (κ1) is 15.9. The molecule has 0 aliphatic rings. The molecule has 0 bridgehead atoms. The molecule has 0 saturated carbocycles. The fourth-order valence-electron chi connectivity index (χ4n) is 1.51. The smallest absolute Gasteiger partial charge is 0.407 e. The molecule has 0 fully saturated rings. The summed E-state index contributed by atoms with van der Waals surface area (Å²) in [6.45, 7) is 5.66. The second-order valence-corrected chi connectivity index (χ2v) is 5.18. The number of rotatable bonds is 4. The molecule has 1 rings (SSSR count). The second-order valence-electron chi connectivity index (χ2n) is 5.18. The summed E-state index contributed by atoms with van der Waals surface area (Å²) in [5, 5.41) is 10.1. The number of esters is 1. The molecule has 0 unspecified atom stereocenters.